The Kier molecular flexibility index (Phi) is 5.76. The van der Waals surface area contributed by atoms with Crippen LogP contribution in [-0.2, 0) is 18.8 Å². The summed E-state index contributed by atoms with van der Waals surface area (Å²) in [7, 11) is 3.08. The molecule has 0 N–H and O–H groups in total. The molecule has 0 radical (unpaired) electrons. The van der Waals surface area contributed by atoms with E-state index in [4.69, 9.17) is 4.74 Å². The predicted molar refractivity (Wildman–Crippen MR) is 107 cm³/mol. The summed E-state index contributed by atoms with van der Waals surface area (Å²) in [5.41, 5.74) is 1.51. The molecule has 0 unspecified atom stereocenters. The summed E-state index contributed by atoms with van der Waals surface area (Å²) in [6.07, 6.45) is 0. The molecular weight excluding hydrogens is 364 g/mol. The second-order valence-electron chi connectivity index (χ2n) is 6.17. The number of aryl methyl sites for hydroxylation is 2. The molecule has 0 atom stereocenters. The van der Waals surface area contributed by atoms with Crippen LogP contribution in [0.2, 0.25) is 0 Å². The second-order valence-corrected chi connectivity index (χ2v) is 7.25. The SMILES string of the molecule is CCOCCSc1nc(-c2ccc(C)cc2)nc2c1c(=O)n(C)c(=O)n2C. The normalized spacial score (nSPS) is 11.3. The largest absolute Gasteiger partial charge is 0.381 e. The highest BCUT2D eigenvalue weighted by Gasteiger charge is 2.18. The highest BCUT2D eigenvalue weighted by atomic mass is 32.2. The van der Waals surface area contributed by atoms with Crippen molar-refractivity contribution in [3.63, 3.8) is 0 Å². The van der Waals surface area contributed by atoms with Crippen molar-refractivity contribution < 1.29 is 4.74 Å². The number of ether oxygens (including phenoxy) is 1. The smallest absolute Gasteiger partial charge is 0.332 e. The van der Waals surface area contributed by atoms with Crippen LogP contribution in [-0.4, -0.2) is 38.1 Å². The maximum atomic E-state index is 12.7. The molecule has 0 aliphatic rings. The quantitative estimate of drug-likeness (QED) is 0.367. The van der Waals surface area contributed by atoms with Gasteiger partial charge in [0.2, 0.25) is 0 Å². The average molecular weight is 386 g/mol. The monoisotopic (exact) mass is 386 g/mol. The molecule has 0 saturated heterocycles. The molecule has 0 saturated carbocycles. The molecule has 0 aliphatic carbocycles. The minimum absolute atomic E-state index is 0.340. The molecule has 0 amide bonds. The van der Waals surface area contributed by atoms with Gasteiger partial charge in [0.25, 0.3) is 5.56 Å². The number of aromatic nitrogens is 4. The second kappa shape index (κ2) is 8.06. The lowest BCUT2D eigenvalue weighted by Crippen LogP contribution is -2.37. The molecule has 0 fully saturated rings. The van der Waals surface area contributed by atoms with Crippen LogP contribution < -0.4 is 11.2 Å². The average Bonchev–Trinajstić information content (AvgIpc) is 2.68. The molecule has 3 rings (SSSR count). The molecule has 1 aromatic carbocycles. The lowest BCUT2D eigenvalue weighted by molar-refractivity contribution is 0.164. The fourth-order valence-corrected chi connectivity index (χ4v) is 3.58. The van der Waals surface area contributed by atoms with E-state index in [-0.39, 0.29) is 5.56 Å². The van der Waals surface area contributed by atoms with Crippen LogP contribution in [0.1, 0.15) is 12.5 Å². The first kappa shape index (κ1) is 19.3. The Morgan fingerprint density at radius 3 is 2.44 bits per heavy atom. The van der Waals surface area contributed by atoms with Crippen molar-refractivity contribution in [2.24, 2.45) is 14.1 Å². The van der Waals surface area contributed by atoms with Gasteiger partial charge in [0.05, 0.1) is 6.61 Å². The van der Waals surface area contributed by atoms with E-state index in [0.29, 0.717) is 40.9 Å². The molecule has 27 heavy (non-hydrogen) atoms. The number of hydrogen-bond donors (Lipinski definition) is 0. The lowest BCUT2D eigenvalue weighted by atomic mass is 10.1. The van der Waals surface area contributed by atoms with E-state index in [2.05, 4.69) is 9.97 Å². The lowest BCUT2D eigenvalue weighted by Gasteiger charge is -2.12. The van der Waals surface area contributed by atoms with Gasteiger partial charge in [0.1, 0.15) is 10.4 Å². The van der Waals surface area contributed by atoms with Crippen LogP contribution >= 0.6 is 11.8 Å². The van der Waals surface area contributed by atoms with Gasteiger partial charge in [-0.1, -0.05) is 29.8 Å². The Balaban J connectivity index is 2.23. The number of rotatable bonds is 6. The van der Waals surface area contributed by atoms with Gasteiger partial charge in [-0.3, -0.25) is 13.9 Å². The summed E-state index contributed by atoms with van der Waals surface area (Å²) in [4.78, 5) is 34.2. The summed E-state index contributed by atoms with van der Waals surface area (Å²) in [6, 6.07) is 7.83. The van der Waals surface area contributed by atoms with E-state index in [0.717, 1.165) is 15.7 Å². The Bertz CT molecular complexity index is 1090. The summed E-state index contributed by atoms with van der Waals surface area (Å²) in [5.74, 6) is 1.14. The zero-order valence-electron chi connectivity index (χ0n) is 15.9. The van der Waals surface area contributed by atoms with Crippen LogP contribution in [0.3, 0.4) is 0 Å². The highest BCUT2D eigenvalue weighted by molar-refractivity contribution is 7.99. The number of fused-ring (bicyclic) bond motifs is 1. The molecule has 0 bridgehead atoms. The van der Waals surface area contributed by atoms with Crippen molar-refractivity contribution in [1.29, 1.82) is 0 Å². The maximum Gasteiger partial charge on any atom is 0.332 e. The zero-order chi connectivity index (χ0) is 19.6. The Morgan fingerprint density at radius 2 is 1.78 bits per heavy atom. The zero-order valence-corrected chi connectivity index (χ0v) is 16.7. The molecular formula is C19H22N4O3S. The van der Waals surface area contributed by atoms with Gasteiger partial charge in [0.15, 0.2) is 11.5 Å². The third-order valence-electron chi connectivity index (χ3n) is 4.25. The van der Waals surface area contributed by atoms with E-state index in [9.17, 15) is 9.59 Å². The van der Waals surface area contributed by atoms with Crippen LogP contribution in [0.5, 0.6) is 0 Å². The Hall–Kier alpha value is -2.45. The van der Waals surface area contributed by atoms with Gasteiger partial charge in [-0.15, -0.1) is 11.8 Å². The molecule has 2 aromatic heterocycles. The van der Waals surface area contributed by atoms with E-state index in [1.807, 2.05) is 38.1 Å². The van der Waals surface area contributed by atoms with E-state index in [1.165, 1.54) is 23.4 Å². The van der Waals surface area contributed by atoms with Gasteiger partial charge in [-0.05, 0) is 13.8 Å². The number of benzene rings is 1. The van der Waals surface area contributed by atoms with Gasteiger partial charge >= 0.3 is 5.69 Å². The van der Waals surface area contributed by atoms with Crippen LogP contribution in [0, 0.1) is 6.92 Å². The van der Waals surface area contributed by atoms with E-state index in [1.54, 1.807) is 7.05 Å². The van der Waals surface area contributed by atoms with Gasteiger partial charge in [-0.25, -0.2) is 14.8 Å². The topological polar surface area (TPSA) is 79.0 Å². The van der Waals surface area contributed by atoms with Crippen LogP contribution in [0.4, 0.5) is 0 Å². The van der Waals surface area contributed by atoms with Crippen LogP contribution in [0.25, 0.3) is 22.4 Å². The number of thioether (sulfide) groups is 1. The number of nitrogens with zero attached hydrogens (tertiary/aromatic N) is 4. The van der Waals surface area contributed by atoms with E-state index < -0.39 is 5.69 Å². The van der Waals surface area contributed by atoms with Gasteiger partial charge in [-0.2, -0.15) is 0 Å². The summed E-state index contributed by atoms with van der Waals surface area (Å²) in [5, 5.41) is 0.920. The first-order valence-corrected chi connectivity index (χ1v) is 9.68. The highest BCUT2D eigenvalue weighted by Crippen LogP contribution is 2.26. The molecule has 3 aromatic rings. The summed E-state index contributed by atoms with van der Waals surface area (Å²) >= 11 is 1.43. The van der Waals surface area contributed by atoms with Crippen molar-refractivity contribution >= 4 is 22.8 Å². The van der Waals surface area contributed by atoms with Crippen molar-refractivity contribution in [3.8, 4) is 11.4 Å². The van der Waals surface area contributed by atoms with Crippen molar-refractivity contribution in [2.75, 3.05) is 19.0 Å². The van der Waals surface area contributed by atoms with Crippen LogP contribution in [0.15, 0.2) is 38.9 Å². The molecule has 142 valence electrons. The first-order chi connectivity index (χ1) is 12.9. The summed E-state index contributed by atoms with van der Waals surface area (Å²) < 4.78 is 7.87. The van der Waals surface area contributed by atoms with E-state index >= 15 is 0 Å². The van der Waals surface area contributed by atoms with Gasteiger partial charge in [0, 0.05) is 32.0 Å². The fraction of sp³-hybridized carbons (Fsp3) is 0.368. The van der Waals surface area contributed by atoms with Gasteiger partial charge < -0.3 is 4.74 Å². The summed E-state index contributed by atoms with van der Waals surface area (Å²) in [6.45, 7) is 5.13. The molecule has 2 heterocycles. The van der Waals surface area contributed by atoms with Crippen molar-refractivity contribution in [2.45, 2.75) is 18.9 Å². The van der Waals surface area contributed by atoms with Crippen molar-refractivity contribution in [3.05, 3.63) is 50.7 Å². The fourth-order valence-electron chi connectivity index (χ4n) is 2.71. The predicted octanol–water partition coefficient (Wildman–Crippen LogP) is 2.13. The third-order valence-corrected chi connectivity index (χ3v) is 5.19. The third kappa shape index (κ3) is 3.81. The molecule has 0 aliphatic heterocycles. The standard InChI is InChI=1S/C19H22N4O3S/c1-5-26-10-11-27-17-14-16(22(3)19(25)23(4)18(14)24)20-15(21-17)13-8-6-12(2)7-9-13/h6-9H,5,10-11H2,1-4H3. The maximum absolute atomic E-state index is 12.7. The molecule has 8 heteroatoms. The Labute approximate surface area is 161 Å². The van der Waals surface area contributed by atoms with Crippen molar-refractivity contribution in [1.82, 2.24) is 19.1 Å². The minimum atomic E-state index is -0.411. The Morgan fingerprint density at radius 1 is 1.07 bits per heavy atom. The number of hydrogen-bond acceptors (Lipinski definition) is 6. The molecule has 0 spiro atoms. The minimum Gasteiger partial charge on any atom is -0.381 e. The molecule has 7 nitrogen and oxygen atoms in total. The first-order valence-electron chi connectivity index (χ1n) is 8.69.